The van der Waals surface area contributed by atoms with E-state index < -0.39 is 10.0 Å². The van der Waals surface area contributed by atoms with E-state index in [-0.39, 0.29) is 18.2 Å². The molecule has 0 radical (unpaired) electrons. The van der Waals surface area contributed by atoms with Gasteiger partial charge in [0.25, 0.3) is 5.91 Å². The molecule has 1 amide bonds. The number of carbonyl (C=O) groups excluding carboxylic acids is 1. The van der Waals surface area contributed by atoms with E-state index in [0.717, 1.165) is 21.5 Å². The van der Waals surface area contributed by atoms with Crippen molar-refractivity contribution in [3.63, 3.8) is 0 Å². The van der Waals surface area contributed by atoms with Crippen LogP contribution < -0.4 is 5.32 Å². The van der Waals surface area contributed by atoms with Gasteiger partial charge in [0.1, 0.15) is 4.83 Å². The van der Waals surface area contributed by atoms with Crippen LogP contribution in [-0.4, -0.2) is 67.0 Å². The summed E-state index contributed by atoms with van der Waals surface area (Å²) in [6, 6.07) is 9.38. The van der Waals surface area contributed by atoms with E-state index in [1.807, 2.05) is 41.9 Å². The number of fused-ring (bicyclic) bond motifs is 1. The molecular formula is C20H23ClN4O4S2. The molecule has 1 N–H and O–H groups in total. The minimum Gasteiger partial charge on any atom is -0.379 e. The fraction of sp³-hybridized carbons (Fsp3) is 0.400. The van der Waals surface area contributed by atoms with E-state index in [0.29, 0.717) is 42.7 Å². The molecule has 31 heavy (non-hydrogen) atoms. The van der Waals surface area contributed by atoms with Crippen LogP contribution in [0.4, 0.5) is 0 Å². The fourth-order valence-corrected chi connectivity index (χ4v) is 5.96. The zero-order chi connectivity index (χ0) is 22.0. The Balaban J connectivity index is 1.42. The molecule has 2 aromatic heterocycles. The highest BCUT2D eigenvalue weighted by Gasteiger charge is 2.24. The van der Waals surface area contributed by atoms with Crippen LogP contribution in [0.15, 0.2) is 30.3 Å². The van der Waals surface area contributed by atoms with Crippen LogP contribution in [0.1, 0.15) is 20.9 Å². The Kier molecular flexibility index (Phi) is 6.63. The van der Waals surface area contributed by atoms with Gasteiger partial charge in [0.2, 0.25) is 10.0 Å². The minimum absolute atomic E-state index is 0.0582. The number of benzene rings is 1. The standard InChI is InChI=1S/C20H23ClN4O4S2/c1-14-17-12-18(19(26)22-6-11-31(27,28)24-7-9-29-10-8-24)30-20(17)25(23-14)13-15-2-4-16(21)5-3-15/h2-5,12H,6-11,13H2,1H3,(H,22,26). The van der Waals surface area contributed by atoms with Crippen LogP contribution >= 0.6 is 22.9 Å². The van der Waals surface area contributed by atoms with Crippen LogP contribution in [-0.2, 0) is 21.3 Å². The number of carbonyl (C=O) groups is 1. The number of morpholine rings is 1. The maximum absolute atomic E-state index is 12.6. The van der Waals surface area contributed by atoms with Crippen molar-refractivity contribution in [1.29, 1.82) is 0 Å². The number of hydrogen-bond donors (Lipinski definition) is 1. The molecule has 1 aliphatic heterocycles. The number of rotatable bonds is 7. The van der Waals surface area contributed by atoms with Crippen molar-refractivity contribution in [2.24, 2.45) is 0 Å². The second-order valence-corrected chi connectivity index (χ2v) is 10.8. The topological polar surface area (TPSA) is 93.5 Å². The molecule has 1 fully saturated rings. The second kappa shape index (κ2) is 9.25. The van der Waals surface area contributed by atoms with E-state index >= 15 is 0 Å². The van der Waals surface area contributed by atoms with Crippen LogP contribution in [0.2, 0.25) is 5.02 Å². The molecule has 8 nitrogen and oxygen atoms in total. The third kappa shape index (κ3) is 5.09. The van der Waals surface area contributed by atoms with Gasteiger partial charge in [-0.2, -0.15) is 9.40 Å². The zero-order valence-electron chi connectivity index (χ0n) is 17.0. The number of aromatic nitrogens is 2. The van der Waals surface area contributed by atoms with Gasteiger partial charge >= 0.3 is 0 Å². The molecule has 3 heterocycles. The minimum atomic E-state index is -3.41. The smallest absolute Gasteiger partial charge is 0.261 e. The Labute approximate surface area is 189 Å². The predicted octanol–water partition coefficient (Wildman–Crippen LogP) is 2.50. The molecule has 0 atom stereocenters. The van der Waals surface area contributed by atoms with E-state index in [2.05, 4.69) is 10.4 Å². The lowest BCUT2D eigenvalue weighted by molar-refractivity contribution is 0.0730. The Morgan fingerprint density at radius 3 is 2.68 bits per heavy atom. The first-order valence-corrected chi connectivity index (χ1v) is 12.7. The summed E-state index contributed by atoms with van der Waals surface area (Å²) < 4.78 is 33.3. The van der Waals surface area contributed by atoms with Gasteiger partial charge in [-0.05, 0) is 30.7 Å². The molecule has 0 bridgehead atoms. The molecule has 0 saturated carbocycles. The number of nitrogens with zero attached hydrogens (tertiary/aromatic N) is 3. The number of hydrogen-bond acceptors (Lipinski definition) is 6. The second-order valence-electron chi connectivity index (χ2n) is 7.28. The lowest BCUT2D eigenvalue weighted by Gasteiger charge is -2.25. The van der Waals surface area contributed by atoms with Gasteiger partial charge in [0, 0.05) is 30.0 Å². The monoisotopic (exact) mass is 482 g/mol. The van der Waals surface area contributed by atoms with Gasteiger partial charge in [0.15, 0.2) is 0 Å². The van der Waals surface area contributed by atoms with Crippen molar-refractivity contribution >= 4 is 49.1 Å². The maximum Gasteiger partial charge on any atom is 0.261 e. The van der Waals surface area contributed by atoms with Crippen LogP contribution in [0, 0.1) is 6.92 Å². The molecule has 11 heteroatoms. The highest BCUT2D eigenvalue weighted by molar-refractivity contribution is 7.89. The van der Waals surface area contributed by atoms with E-state index in [9.17, 15) is 13.2 Å². The van der Waals surface area contributed by atoms with E-state index in [1.165, 1.54) is 15.6 Å². The van der Waals surface area contributed by atoms with Crippen molar-refractivity contribution < 1.29 is 17.9 Å². The Morgan fingerprint density at radius 1 is 1.26 bits per heavy atom. The zero-order valence-corrected chi connectivity index (χ0v) is 19.4. The van der Waals surface area contributed by atoms with Crippen LogP contribution in [0.3, 0.4) is 0 Å². The first-order chi connectivity index (χ1) is 14.8. The summed E-state index contributed by atoms with van der Waals surface area (Å²) in [5.41, 5.74) is 1.90. The predicted molar refractivity (Wildman–Crippen MR) is 121 cm³/mol. The van der Waals surface area contributed by atoms with Crippen molar-refractivity contribution in [3.05, 3.63) is 51.5 Å². The normalized spacial score (nSPS) is 15.4. The highest BCUT2D eigenvalue weighted by atomic mass is 35.5. The number of thiophene rings is 1. The van der Waals surface area contributed by atoms with E-state index in [1.54, 1.807) is 0 Å². The van der Waals surface area contributed by atoms with E-state index in [4.69, 9.17) is 16.3 Å². The summed E-state index contributed by atoms with van der Waals surface area (Å²) in [4.78, 5) is 14.1. The molecule has 166 valence electrons. The molecule has 0 aliphatic carbocycles. The molecule has 4 rings (SSSR count). The van der Waals surface area contributed by atoms with Gasteiger partial charge in [0.05, 0.1) is 36.1 Å². The van der Waals surface area contributed by atoms with Gasteiger partial charge in [-0.25, -0.2) is 8.42 Å². The summed E-state index contributed by atoms with van der Waals surface area (Å²) in [7, 11) is -3.41. The summed E-state index contributed by atoms with van der Waals surface area (Å²) in [6.07, 6.45) is 0. The van der Waals surface area contributed by atoms with Crippen molar-refractivity contribution in [2.45, 2.75) is 13.5 Å². The third-order valence-electron chi connectivity index (χ3n) is 5.09. The molecule has 0 unspecified atom stereocenters. The molecule has 0 spiro atoms. The lowest BCUT2D eigenvalue weighted by Crippen LogP contribution is -2.43. The number of ether oxygens (including phenoxy) is 1. The molecule has 3 aromatic rings. The van der Waals surface area contributed by atoms with Crippen LogP contribution in [0.25, 0.3) is 10.2 Å². The first kappa shape index (κ1) is 22.2. The van der Waals surface area contributed by atoms with Gasteiger partial charge in [-0.3, -0.25) is 9.48 Å². The highest BCUT2D eigenvalue weighted by Crippen LogP contribution is 2.29. The Bertz CT molecular complexity index is 1180. The quantitative estimate of drug-likeness (QED) is 0.558. The van der Waals surface area contributed by atoms with Crippen LogP contribution in [0.5, 0.6) is 0 Å². The van der Waals surface area contributed by atoms with Gasteiger partial charge in [-0.1, -0.05) is 23.7 Å². The Hall–Kier alpha value is -1.98. The Morgan fingerprint density at radius 2 is 1.97 bits per heavy atom. The average molecular weight is 483 g/mol. The van der Waals surface area contributed by atoms with Gasteiger partial charge in [-0.15, -0.1) is 11.3 Å². The number of sulfonamides is 1. The summed E-state index contributed by atoms with van der Waals surface area (Å²) in [5.74, 6) is -0.414. The van der Waals surface area contributed by atoms with Crippen molar-refractivity contribution in [2.75, 3.05) is 38.6 Å². The lowest BCUT2D eigenvalue weighted by atomic mass is 10.2. The average Bonchev–Trinajstić information content (AvgIpc) is 3.32. The van der Waals surface area contributed by atoms with Gasteiger partial charge < -0.3 is 10.1 Å². The number of nitrogens with one attached hydrogen (secondary N) is 1. The van der Waals surface area contributed by atoms with Crippen molar-refractivity contribution in [1.82, 2.24) is 19.4 Å². The molecular weight excluding hydrogens is 460 g/mol. The van der Waals surface area contributed by atoms with Crippen molar-refractivity contribution in [3.8, 4) is 0 Å². The first-order valence-electron chi connectivity index (χ1n) is 9.89. The summed E-state index contributed by atoms with van der Waals surface area (Å²) in [5, 5.41) is 8.91. The number of aryl methyl sites for hydroxylation is 1. The number of halogens is 1. The summed E-state index contributed by atoms with van der Waals surface area (Å²) >= 11 is 7.30. The SMILES string of the molecule is Cc1nn(Cc2ccc(Cl)cc2)c2sc(C(=O)NCCS(=O)(=O)N3CCOCC3)cc12. The maximum atomic E-state index is 12.6. The third-order valence-corrected chi connectivity index (χ3v) is 8.36. The number of amides is 1. The largest absolute Gasteiger partial charge is 0.379 e. The fourth-order valence-electron chi connectivity index (χ4n) is 3.43. The molecule has 1 aliphatic rings. The molecule has 1 saturated heterocycles. The molecule has 1 aromatic carbocycles. The summed E-state index contributed by atoms with van der Waals surface area (Å²) in [6.45, 7) is 4.05.